The first-order valence-corrected chi connectivity index (χ1v) is 11.8. The second-order valence-corrected chi connectivity index (χ2v) is 8.39. The second kappa shape index (κ2) is 10.5. The van der Waals surface area contributed by atoms with Crippen molar-refractivity contribution in [2.75, 3.05) is 6.61 Å². The van der Waals surface area contributed by atoms with Gasteiger partial charge in [0.05, 0.1) is 29.5 Å². The minimum Gasteiger partial charge on any atom is -0.493 e. The van der Waals surface area contributed by atoms with Crippen molar-refractivity contribution in [2.45, 2.75) is 13.8 Å². The number of para-hydroxylation sites is 2. The Morgan fingerprint density at radius 2 is 1.80 bits per heavy atom. The Kier molecular flexibility index (Phi) is 7.23. The van der Waals surface area contributed by atoms with Crippen molar-refractivity contribution in [1.82, 2.24) is 15.0 Å². The maximum atomic E-state index is 11.3. The number of aromatic carboxylic acids is 1. The first-order chi connectivity index (χ1) is 16.9. The standard InChI is InChI=1S/C16H16N2O3S.C9H8N2O2/c1-3-20-15-11(2)7-6-10-13(15)12-8-4-5-9-14(12)16-17-21-22(19)18-16;1-11-5-10-7-4-2-3-6(8(7)11)9(12)13/h4-10H,3H2,1-2H3,(H,17,18);2-5H,1H3,(H,12,13). The van der Waals surface area contributed by atoms with Gasteiger partial charge in [0, 0.05) is 18.2 Å². The average molecular weight is 493 g/mol. The van der Waals surface area contributed by atoms with Gasteiger partial charge in [-0.05, 0) is 37.1 Å². The number of hydrogen-bond acceptors (Lipinski definition) is 6. The van der Waals surface area contributed by atoms with Crippen LogP contribution in [0, 0.1) is 6.92 Å². The number of amidine groups is 1. The molecule has 9 nitrogen and oxygen atoms in total. The summed E-state index contributed by atoms with van der Waals surface area (Å²) in [7, 11) is 1.78. The highest BCUT2D eigenvalue weighted by atomic mass is 32.2. The molecular formula is C25H24N4O5S. The molecule has 1 atom stereocenters. The summed E-state index contributed by atoms with van der Waals surface area (Å²) in [6, 6.07) is 18.8. The largest absolute Gasteiger partial charge is 0.493 e. The molecule has 0 radical (unpaired) electrons. The van der Waals surface area contributed by atoms with E-state index in [1.54, 1.807) is 36.1 Å². The van der Waals surface area contributed by atoms with Gasteiger partial charge in [0.15, 0.2) is 5.84 Å². The quantitative estimate of drug-likeness (QED) is 0.429. The Labute approximate surface area is 204 Å². The maximum Gasteiger partial charge on any atom is 0.337 e. The van der Waals surface area contributed by atoms with Crippen LogP contribution in [0.2, 0.25) is 0 Å². The van der Waals surface area contributed by atoms with Crippen LogP contribution in [0.25, 0.3) is 22.2 Å². The minimum absolute atomic E-state index is 0.289. The van der Waals surface area contributed by atoms with Gasteiger partial charge in [-0.25, -0.2) is 19.5 Å². The number of aromatic nitrogens is 2. The number of carboxylic acid groups (broad SMARTS) is 1. The third-order valence-corrected chi connectivity index (χ3v) is 5.87. The number of hydrogen-bond donors (Lipinski definition) is 2. The number of hydroxylamine groups is 1. The van der Waals surface area contributed by atoms with Crippen molar-refractivity contribution in [3.8, 4) is 16.9 Å². The molecule has 1 aliphatic rings. The van der Waals surface area contributed by atoms with E-state index in [1.165, 1.54) is 0 Å². The predicted molar refractivity (Wildman–Crippen MR) is 134 cm³/mol. The van der Waals surface area contributed by atoms with Crippen LogP contribution >= 0.6 is 0 Å². The number of nitrogens with one attached hydrogen (secondary N) is 1. The van der Waals surface area contributed by atoms with E-state index < -0.39 is 17.2 Å². The van der Waals surface area contributed by atoms with Gasteiger partial charge >= 0.3 is 17.2 Å². The summed E-state index contributed by atoms with van der Waals surface area (Å²) in [5, 5.41) is 8.88. The highest BCUT2D eigenvalue weighted by Crippen LogP contribution is 2.35. The van der Waals surface area contributed by atoms with Crippen molar-refractivity contribution >= 4 is 34.1 Å². The fraction of sp³-hybridized carbons (Fsp3) is 0.160. The molecular weight excluding hydrogens is 468 g/mol. The first-order valence-electron chi connectivity index (χ1n) is 10.8. The molecule has 0 amide bonds. The molecule has 0 fully saturated rings. The van der Waals surface area contributed by atoms with E-state index in [9.17, 15) is 9.00 Å². The molecule has 1 aromatic heterocycles. The summed E-state index contributed by atoms with van der Waals surface area (Å²) in [6.07, 6.45) is 1.61. The van der Waals surface area contributed by atoms with E-state index >= 15 is 0 Å². The number of rotatable bonds is 5. The highest BCUT2D eigenvalue weighted by molar-refractivity contribution is 7.79. The summed E-state index contributed by atoms with van der Waals surface area (Å²) in [4.78, 5) is 14.9. The smallest absolute Gasteiger partial charge is 0.337 e. The van der Waals surface area contributed by atoms with Crippen LogP contribution in [0.1, 0.15) is 28.4 Å². The predicted octanol–water partition coefficient (Wildman–Crippen LogP) is 4.19. The molecule has 10 heteroatoms. The normalized spacial score (nSPS) is 14.6. The van der Waals surface area contributed by atoms with Crippen LogP contribution in [-0.2, 0) is 22.6 Å². The molecule has 35 heavy (non-hydrogen) atoms. The molecule has 2 N–H and O–H groups in total. The molecule has 0 aliphatic carbocycles. The molecule has 0 bridgehead atoms. The average Bonchev–Trinajstić information content (AvgIpc) is 3.46. The van der Waals surface area contributed by atoms with Crippen molar-refractivity contribution < 1.29 is 23.1 Å². The van der Waals surface area contributed by atoms with Crippen LogP contribution in [0.3, 0.4) is 0 Å². The monoisotopic (exact) mass is 492 g/mol. The van der Waals surface area contributed by atoms with Crippen LogP contribution in [0.15, 0.2) is 71.4 Å². The summed E-state index contributed by atoms with van der Waals surface area (Å²) >= 11 is -1.69. The van der Waals surface area contributed by atoms with Crippen LogP contribution < -0.4 is 10.2 Å². The maximum absolute atomic E-state index is 11.3. The number of fused-ring (bicyclic) bond motifs is 1. The van der Waals surface area contributed by atoms with Gasteiger partial charge in [0.1, 0.15) is 5.75 Å². The number of carbonyl (C=O) groups is 1. The summed E-state index contributed by atoms with van der Waals surface area (Å²) < 4.78 is 27.6. The Morgan fingerprint density at radius 1 is 1.09 bits per heavy atom. The molecule has 0 saturated heterocycles. The lowest BCUT2D eigenvalue weighted by Gasteiger charge is -2.15. The summed E-state index contributed by atoms with van der Waals surface area (Å²) in [5.41, 5.74) is 8.07. The van der Waals surface area contributed by atoms with E-state index in [0.717, 1.165) is 28.0 Å². The van der Waals surface area contributed by atoms with Gasteiger partial charge in [0.25, 0.3) is 0 Å². The lowest BCUT2D eigenvalue weighted by atomic mass is 9.96. The van der Waals surface area contributed by atoms with Gasteiger partial charge in [-0.2, -0.15) is 4.28 Å². The number of carboxylic acids is 1. The van der Waals surface area contributed by atoms with Gasteiger partial charge in [0.2, 0.25) is 0 Å². The van der Waals surface area contributed by atoms with E-state index in [0.29, 0.717) is 23.5 Å². The zero-order valence-electron chi connectivity index (χ0n) is 19.4. The van der Waals surface area contributed by atoms with Crippen LogP contribution in [-0.4, -0.2) is 37.3 Å². The Morgan fingerprint density at radius 3 is 2.49 bits per heavy atom. The molecule has 2 heterocycles. The van der Waals surface area contributed by atoms with Gasteiger partial charge in [-0.1, -0.05) is 48.5 Å². The Bertz CT molecular complexity index is 1450. The second-order valence-electron chi connectivity index (χ2n) is 7.61. The van der Waals surface area contributed by atoms with E-state index in [1.807, 2.05) is 56.3 Å². The zero-order chi connectivity index (χ0) is 24.9. The molecule has 0 saturated carbocycles. The van der Waals surface area contributed by atoms with Crippen molar-refractivity contribution in [1.29, 1.82) is 0 Å². The van der Waals surface area contributed by atoms with Crippen molar-refractivity contribution in [3.05, 3.63) is 83.7 Å². The van der Waals surface area contributed by atoms with Gasteiger partial charge < -0.3 is 14.4 Å². The number of imidazole rings is 1. The summed E-state index contributed by atoms with van der Waals surface area (Å²) in [6.45, 7) is 4.56. The first kappa shape index (κ1) is 24.1. The minimum atomic E-state index is -1.69. The molecule has 180 valence electrons. The summed E-state index contributed by atoms with van der Waals surface area (Å²) in [5.74, 6) is 0.380. The SMILES string of the molecule is CCOc1c(C)cccc1-c1ccccc1C1=NS(=O)ON1.Cn1cnc2cccc(C(=O)O)c21. The van der Waals surface area contributed by atoms with Crippen molar-refractivity contribution in [3.63, 3.8) is 0 Å². The molecule has 1 unspecified atom stereocenters. The van der Waals surface area contributed by atoms with Gasteiger partial charge in [-0.15, -0.1) is 4.40 Å². The van der Waals surface area contributed by atoms with Gasteiger partial charge in [-0.3, -0.25) is 0 Å². The topological polar surface area (TPSA) is 115 Å². The van der Waals surface area contributed by atoms with Crippen LogP contribution in [0.4, 0.5) is 0 Å². The number of ether oxygens (including phenoxy) is 1. The fourth-order valence-electron chi connectivity index (χ4n) is 3.80. The van der Waals surface area contributed by atoms with E-state index in [2.05, 4.69) is 14.9 Å². The molecule has 3 aromatic carbocycles. The number of aryl methyl sites for hydroxylation is 2. The Hall–Kier alpha value is -4.02. The zero-order valence-corrected chi connectivity index (χ0v) is 20.2. The fourth-order valence-corrected chi connectivity index (χ4v) is 4.27. The molecule has 4 aromatic rings. The van der Waals surface area contributed by atoms with E-state index in [-0.39, 0.29) is 5.56 Å². The molecule has 5 rings (SSSR count). The Balaban J connectivity index is 0.000000189. The lowest BCUT2D eigenvalue weighted by Crippen LogP contribution is -2.18. The number of nitrogens with zero attached hydrogens (tertiary/aromatic N) is 3. The number of benzene rings is 3. The third-order valence-electron chi connectivity index (χ3n) is 5.32. The van der Waals surface area contributed by atoms with Crippen LogP contribution in [0.5, 0.6) is 5.75 Å². The van der Waals surface area contributed by atoms with Crippen molar-refractivity contribution in [2.24, 2.45) is 11.4 Å². The highest BCUT2D eigenvalue weighted by Gasteiger charge is 2.20. The lowest BCUT2D eigenvalue weighted by molar-refractivity contribution is 0.0698. The van der Waals surface area contributed by atoms with E-state index in [4.69, 9.17) is 14.1 Å². The molecule has 1 aliphatic heterocycles. The molecule has 0 spiro atoms. The third kappa shape index (κ3) is 5.08.